The van der Waals surface area contributed by atoms with Gasteiger partial charge in [0.25, 0.3) is 5.91 Å². The third-order valence-corrected chi connectivity index (χ3v) is 5.76. The standard InChI is InChI=1S/C23H31N3O3/c1-5-16(2)26(23(28)21-10-7-13-29-21)15-18-14-19(11-12-20(18)25(3)4)24-22(27)17-8-6-9-17/h7,10-14,16-17H,5-6,8-9,15H2,1-4H3,(H,24,27). The summed E-state index contributed by atoms with van der Waals surface area (Å²) in [5.74, 6) is 0.429. The predicted molar refractivity (Wildman–Crippen MR) is 115 cm³/mol. The number of carbonyl (C=O) groups is 2. The van der Waals surface area contributed by atoms with Crippen LogP contribution in [0.1, 0.15) is 55.6 Å². The number of rotatable bonds is 8. The first-order chi connectivity index (χ1) is 13.9. The largest absolute Gasteiger partial charge is 0.459 e. The number of nitrogens with one attached hydrogen (secondary N) is 1. The van der Waals surface area contributed by atoms with Crippen molar-refractivity contribution in [3.05, 3.63) is 47.9 Å². The van der Waals surface area contributed by atoms with Crippen molar-refractivity contribution in [1.29, 1.82) is 0 Å². The summed E-state index contributed by atoms with van der Waals surface area (Å²) in [6, 6.07) is 9.38. The highest BCUT2D eigenvalue weighted by Gasteiger charge is 2.26. The van der Waals surface area contributed by atoms with E-state index >= 15 is 0 Å². The Bertz CT molecular complexity index is 841. The summed E-state index contributed by atoms with van der Waals surface area (Å²) in [5.41, 5.74) is 2.78. The van der Waals surface area contributed by atoms with Crippen LogP contribution >= 0.6 is 0 Å². The van der Waals surface area contributed by atoms with Crippen molar-refractivity contribution in [3.63, 3.8) is 0 Å². The molecule has 29 heavy (non-hydrogen) atoms. The van der Waals surface area contributed by atoms with E-state index in [1.165, 1.54) is 6.26 Å². The molecule has 3 rings (SSSR count). The fourth-order valence-corrected chi connectivity index (χ4v) is 3.51. The van der Waals surface area contributed by atoms with Crippen molar-refractivity contribution < 1.29 is 14.0 Å². The molecule has 0 spiro atoms. The van der Waals surface area contributed by atoms with Gasteiger partial charge in [-0.05, 0) is 62.1 Å². The molecule has 0 saturated heterocycles. The van der Waals surface area contributed by atoms with Gasteiger partial charge in [0.1, 0.15) is 0 Å². The van der Waals surface area contributed by atoms with Gasteiger partial charge in [0, 0.05) is 44.0 Å². The molecule has 1 heterocycles. The normalized spacial score (nSPS) is 14.8. The number of carbonyl (C=O) groups excluding carboxylic acids is 2. The van der Waals surface area contributed by atoms with Crippen molar-refractivity contribution in [2.45, 2.75) is 52.1 Å². The van der Waals surface area contributed by atoms with Gasteiger partial charge in [0.2, 0.25) is 5.91 Å². The number of hydrogen-bond acceptors (Lipinski definition) is 4. The van der Waals surface area contributed by atoms with Crippen LogP contribution in [0.3, 0.4) is 0 Å². The van der Waals surface area contributed by atoms with Crippen LogP contribution in [0.25, 0.3) is 0 Å². The average Bonchev–Trinajstić information content (AvgIpc) is 3.18. The van der Waals surface area contributed by atoms with E-state index in [-0.39, 0.29) is 23.8 Å². The van der Waals surface area contributed by atoms with Crippen LogP contribution in [-0.4, -0.2) is 36.9 Å². The number of benzene rings is 1. The maximum Gasteiger partial charge on any atom is 0.290 e. The Kier molecular flexibility index (Phi) is 6.62. The Morgan fingerprint density at radius 1 is 1.24 bits per heavy atom. The van der Waals surface area contributed by atoms with Crippen LogP contribution in [0.5, 0.6) is 0 Å². The monoisotopic (exact) mass is 397 g/mol. The molecule has 2 amide bonds. The van der Waals surface area contributed by atoms with E-state index < -0.39 is 0 Å². The molecule has 1 saturated carbocycles. The predicted octanol–water partition coefficient (Wildman–Crippen LogP) is 4.53. The summed E-state index contributed by atoms with van der Waals surface area (Å²) in [6.45, 7) is 4.54. The van der Waals surface area contributed by atoms with Crippen molar-refractivity contribution in [2.24, 2.45) is 5.92 Å². The molecule has 1 aliphatic rings. The van der Waals surface area contributed by atoms with Gasteiger partial charge in [-0.25, -0.2) is 0 Å². The third-order valence-electron chi connectivity index (χ3n) is 5.76. The van der Waals surface area contributed by atoms with Crippen LogP contribution in [-0.2, 0) is 11.3 Å². The zero-order valence-electron chi connectivity index (χ0n) is 17.8. The van der Waals surface area contributed by atoms with E-state index in [0.29, 0.717) is 12.3 Å². The molecule has 1 aliphatic carbocycles. The number of hydrogen-bond donors (Lipinski definition) is 1. The zero-order chi connectivity index (χ0) is 21.0. The maximum atomic E-state index is 13.0. The number of nitrogens with zero attached hydrogens (tertiary/aromatic N) is 2. The van der Waals surface area contributed by atoms with E-state index in [1.54, 1.807) is 12.1 Å². The lowest BCUT2D eigenvalue weighted by Gasteiger charge is -2.30. The minimum atomic E-state index is -0.127. The minimum absolute atomic E-state index is 0.0517. The van der Waals surface area contributed by atoms with E-state index in [0.717, 1.165) is 42.6 Å². The molecule has 2 aromatic rings. The van der Waals surface area contributed by atoms with Gasteiger partial charge in [0.05, 0.1) is 6.26 Å². The molecular weight excluding hydrogens is 366 g/mol. The molecule has 1 aromatic heterocycles. The van der Waals surface area contributed by atoms with Crippen LogP contribution in [0.15, 0.2) is 41.0 Å². The van der Waals surface area contributed by atoms with Crippen molar-refractivity contribution in [2.75, 3.05) is 24.3 Å². The Morgan fingerprint density at radius 3 is 2.55 bits per heavy atom. The minimum Gasteiger partial charge on any atom is -0.459 e. The number of anilines is 2. The van der Waals surface area contributed by atoms with Gasteiger partial charge in [-0.2, -0.15) is 0 Å². The Balaban J connectivity index is 1.87. The average molecular weight is 398 g/mol. The second-order valence-corrected chi connectivity index (χ2v) is 8.02. The lowest BCUT2D eigenvalue weighted by atomic mass is 9.85. The second-order valence-electron chi connectivity index (χ2n) is 8.02. The van der Waals surface area contributed by atoms with Gasteiger partial charge in [-0.1, -0.05) is 13.3 Å². The Labute approximate surface area is 172 Å². The van der Waals surface area contributed by atoms with Gasteiger partial charge in [0.15, 0.2) is 5.76 Å². The first-order valence-electron chi connectivity index (χ1n) is 10.4. The highest BCUT2D eigenvalue weighted by molar-refractivity contribution is 5.94. The number of furan rings is 1. The summed E-state index contributed by atoms with van der Waals surface area (Å²) in [5, 5.41) is 3.04. The van der Waals surface area contributed by atoms with Crippen LogP contribution in [0.2, 0.25) is 0 Å². The molecule has 156 valence electrons. The zero-order valence-corrected chi connectivity index (χ0v) is 17.8. The summed E-state index contributed by atoms with van der Waals surface area (Å²) in [7, 11) is 3.96. The molecule has 6 heteroatoms. The first kappa shape index (κ1) is 21.0. The fraction of sp³-hybridized carbons (Fsp3) is 0.478. The molecule has 1 fully saturated rings. The van der Waals surface area contributed by atoms with E-state index in [1.807, 2.05) is 49.0 Å². The van der Waals surface area contributed by atoms with Crippen LogP contribution in [0, 0.1) is 5.92 Å². The van der Waals surface area contributed by atoms with Gasteiger partial charge in [-0.3, -0.25) is 9.59 Å². The van der Waals surface area contributed by atoms with Crippen LogP contribution < -0.4 is 10.2 Å². The van der Waals surface area contributed by atoms with Crippen LogP contribution in [0.4, 0.5) is 11.4 Å². The molecule has 0 radical (unpaired) electrons. The van der Waals surface area contributed by atoms with E-state index in [9.17, 15) is 9.59 Å². The van der Waals surface area contributed by atoms with Crippen molar-refractivity contribution in [1.82, 2.24) is 4.90 Å². The maximum absolute atomic E-state index is 13.0. The number of amides is 2. The van der Waals surface area contributed by atoms with Crippen molar-refractivity contribution >= 4 is 23.2 Å². The molecular formula is C23H31N3O3. The molecule has 1 unspecified atom stereocenters. The summed E-state index contributed by atoms with van der Waals surface area (Å²) in [4.78, 5) is 29.3. The topological polar surface area (TPSA) is 65.8 Å². The third kappa shape index (κ3) is 4.81. The Morgan fingerprint density at radius 2 is 2.00 bits per heavy atom. The highest BCUT2D eigenvalue weighted by atomic mass is 16.3. The summed E-state index contributed by atoms with van der Waals surface area (Å²) in [6.07, 6.45) is 5.41. The quantitative estimate of drug-likeness (QED) is 0.711. The molecule has 1 N–H and O–H groups in total. The van der Waals surface area contributed by atoms with E-state index in [2.05, 4.69) is 12.2 Å². The summed E-state index contributed by atoms with van der Waals surface area (Å²) >= 11 is 0. The molecule has 1 aromatic carbocycles. The smallest absolute Gasteiger partial charge is 0.290 e. The van der Waals surface area contributed by atoms with Crippen molar-refractivity contribution in [3.8, 4) is 0 Å². The van der Waals surface area contributed by atoms with Gasteiger partial charge < -0.3 is 19.5 Å². The molecule has 0 aliphatic heterocycles. The molecule has 1 atom stereocenters. The lowest BCUT2D eigenvalue weighted by Crippen LogP contribution is -2.38. The lowest BCUT2D eigenvalue weighted by molar-refractivity contribution is -0.122. The Hall–Kier alpha value is -2.76. The SMILES string of the molecule is CCC(C)N(Cc1cc(NC(=O)C2CCC2)ccc1N(C)C)C(=O)c1ccco1. The van der Waals surface area contributed by atoms with Gasteiger partial charge >= 0.3 is 0 Å². The molecule has 0 bridgehead atoms. The fourth-order valence-electron chi connectivity index (χ4n) is 3.51. The molecule has 6 nitrogen and oxygen atoms in total. The van der Waals surface area contributed by atoms with E-state index in [4.69, 9.17) is 4.42 Å². The first-order valence-corrected chi connectivity index (χ1v) is 10.4. The highest BCUT2D eigenvalue weighted by Crippen LogP contribution is 2.30. The second kappa shape index (κ2) is 9.16. The van der Waals surface area contributed by atoms with Gasteiger partial charge in [-0.15, -0.1) is 0 Å². The summed E-state index contributed by atoms with van der Waals surface area (Å²) < 4.78 is 5.35.